The zero-order chi connectivity index (χ0) is 39.4. The number of alkyl carbamates (subject to hydrolysis) is 1. The molecule has 0 saturated carbocycles. The molecule has 1 aromatic carbocycles. The first-order chi connectivity index (χ1) is 24.8. The summed E-state index contributed by atoms with van der Waals surface area (Å²) in [5.41, 5.74) is -2.02. The fourth-order valence-corrected chi connectivity index (χ4v) is 8.19. The maximum atomic E-state index is 14.3. The van der Waals surface area contributed by atoms with Gasteiger partial charge in [-0.3, -0.25) is 9.59 Å². The number of ketones is 1. The maximum Gasteiger partial charge on any atom is 0.408 e. The Labute approximate surface area is 312 Å². The highest BCUT2D eigenvalue weighted by molar-refractivity contribution is 6.00. The van der Waals surface area contributed by atoms with E-state index in [2.05, 4.69) is 16.0 Å². The van der Waals surface area contributed by atoms with Crippen LogP contribution in [0.25, 0.3) is 0 Å². The van der Waals surface area contributed by atoms with Crippen LogP contribution in [0.15, 0.2) is 18.2 Å². The Morgan fingerprint density at radius 1 is 1.11 bits per heavy atom. The fourth-order valence-electron chi connectivity index (χ4n) is 8.19. The first-order valence-corrected chi connectivity index (χ1v) is 18.7. The summed E-state index contributed by atoms with van der Waals surface area (Å²) in [4.78, 5) is 42.3. The molecule has 4 N–H and O–H groups in total. The molecule has 0 aliphatic carbocycles. The van der Waals surface area contributed by atoms with E-state index in [0.717, 1.165) is 6.07 Å². The summed E-state index contributed by atoms with van der Waals surface area (Å²) in [5, 5.41) is 21.2. The van der Waals surface area contributed by atoms with Crippen molar-refractivity contribution in [3.05, 3.63) is 35.4 Å². The van der Waals surface area contributed by atoms with Crippen molar-refractivity contribution in [3.63, 3.8) is 0 Å². The number of benzene rings is 1. The van der Waals surface area contributed by atoms with Gasteiger partial charge in [-0.1, -0.05) is 26.8 Å². The van der Waals surface area contributed by atoms with E-state index in [1.807, 2.05) is 46.7 Å². The number of esters is 1. The van der Waals surface area contributed by atoms with Gasteiger partial charge in [0.25, 0.3) is 0 Å². The van der Waals surface area contributed by atoms with Gasteiger partial charge in [-0.25, -0.2) is 13.6 Å². The monoisotopic (exact) mass is 754 g/mol. The molecule has 13 nitrogen and oxygen atoms in total. The Balaban J connectivity index is 1.63. The van der Waals surface area contributed by atoms with Gasteiger partial charge in [0.15, 0.2) is 17.7 Å². The van der Waals surface area contributed by atoms with E-state index in [1.165, 1.54) is 26.2 Å². The molecule has 15 heteroatoms. The van der Waals surface area contributed by atoms with E-state index in [4.69, 9.17) is 23.7 Å². The van der Waals surface area contributed by atoms with Crippen LogP contribution in [0.2, 0.25) is 0 Å². The zero-order valence-corrected chi connectivity index (χ0v) is 32.7. The largest absolute Gasteiger partial charge is 0.458 e. The molecule has 53 heavy (non-hydrogen) atoms. The Bertz CT molecular complexity index is 1440. The highest BCUT2D eigenvalue weighted by atomic mass is 19.1. The van der Waals surface area contributed by atoms with Crippen molar-refractivity contribution >= 4 is 17.8 Å². The lowest BCUT2D eigenvalue weighted by molar-refractivity contribution is -0.297. The van der Waals surface area contributed by atoms with E-state index < -0.39 is 95.3 Å². The van der Waals surface area contributed by atoms with Crippen LogP contribution in [0.4, 0.5) is 13.6 Å². The van der Waals surface area contributed by atoms with Crippen molar-refractivity contribution in [1.82, 2.24) is 20.9 Å². The Morgan fingerprint density at radius 3 is 2.43 bits per heavy atom. The second-order valence-corrected chi connectivity index (χ2v) is 15.8. The van der Waals surface area contributed by atoms with Crippen LogP contribution in [0, 0.1) is 29.4 Å². The predicted octanol–water partition coefficient (Wildman–Crippen LogP) is 3.30. The molecular weight excluding hydrogens is 694 g/mol. The quantitative estimate of drug-likeness (QED) is 0.216. The first-order valence-electron chi connectivity index (χ1n) is 18.7. The van der Waals surface area contributed by atoms with Gasteiger partial charge in [-0.2, -0.15) is 0 Å². The standard InChI is InChI=1S/C38H60F2N4O9/c1-11-29-38(7)32(43-36(48)53-38)23(5)42-17-20(2)16-37(6,49-10)33(21(3)30(45)22(4)34(47)51-29)52-35-31(46)28(44(8)9)15-26(50-35)19-41-18-24-12-13-25(39)14-27(24)40/h12-14,20-23,26,28-29,31-33,35,41-42,46H,11,15-19H2,1-10H3,(H,43,48)/t20-,21+,22?,23-,26+,28?,29+,31?,32-,33-,35+,37-,38-/m1/s1. The number of nitrogens with one attached hydrogen (secondary N) is 3. The summed E-state index contributed by atoms with van der Waals surface area (Å²) in [7, 11) is 5.20. The van der Waals surface area contributed by atoms with Crippen molar-refractivity contribution < 1.29 is 52.0 Å². The number of Topliss-reactive ketones (excluding diaryl/α,β-unsaturated/α-hetero) is 1. The lowest BCUT2D eigenvalue weighted by Gasteiger charge is -2.47. The number of hydrogen-bond acceptors (Lipinski definition) is 12. The second-order valence-electron chi connectivity index (χ2n) is 15.8. The van der Waals surface area contributed by atoms with Gasteiger partial charge in [0.2, 0.25) is 0 Å². The third-order valence-corrected chi connectivity index (χ3v) is 11.4. The van der Waals surface area contributed by atoms with E-state index in [0.29, 0.717) is 31.4 Å². The van der Waals surface area contributed by atoms with Crippen molar-refractivity contribution in [2.24, 2.45) is 17.8 Å². The summed E-state index contributed by atoms with van der Waals surface area (Å²) < 4.78 is 58.7. The van der Waals surface area contributed by atoms with Gasteiger partial charge in [0, 0.05) is 49.8 Å². The molecule has 3 aliphatic heterocycles. The van der Waals surface area contributed by atoms with Crippen LogP contribution in [-0.2, 0) is 39.8 Å². The van der Waals surface area contributed by atoms with E-state index in [9.17, 15) is 28.3 Å². The molecule has 3 unspecified atom stereocenters. The number of likely N-dealkylation sites (N-methyl/N-ethyl adjacent to an activating group) is 1. The van der Waals surface area contributed by atoms with Gasteiger partial charge < -0.3 is 49.6 Å². The summed E-state index contributed by atoms with van der Waals surface area (Å²) in [6.45, 7) is 13.4. The Morgan fingerprint density at radius 2 is 1.81 bits per heavy atom. The zero-order valence-electron chi connectivity index (χ0n) is 32.7. The highest BCUT2D eigenvalue weighted by Crippen LogP contribution is 2.37. The first kappa shape index (κ1) is 42.9. The molecule has 0 radical (unpaired) electrons. The summed E-state index contributed by atoms with van der Waals surface area (Å²) in [5.74, 6) is -4.73. The molecule has 0 aromatic heterocycles. The number of ether oxygens (including phenoxy) is 5. The third kappa shape index (κ3) is 9.72. The van der Waals surface area contributed by atoms with Crippen LogP contribution >= 0.6 is 0 Å². The summed E-state index contributed by atoms with van der Waals surface area (Å²) in [6, 6.07) is 2.18. The minimum absolute atomic E-state index is 0.0435. The number of carbonyl (C=O) groups is 3. The molecule has 3 heterocycles. The molecule has 0 bridgehead atoms. The van der Waals surface area contributed by atoms with Crippen LogP contribution in [0.3, 0.4) is 0 Å². The number of methoxy groups -OCH3 is 1. The number of carbonyl (C=O) groups excluding carboxylic acids is 3. The van der Waals surface area contributed by atoms with Crippen molar-refractivity contribution in [2.75, 3.05) is 34.3 Å². The fraction of sp³-hybridized carbons (Fsp3) is 0.763. The van der Waals surface area contributed by atoms with E-state index >= 15 is 0 Å². The maximum absolute atomic E-state index is 14.3. The number of halogens is 2. The SMILES string of the molecule is CC[C@@H]1OC(=O)C(C)C(=O)[C@H](C)[C@@H](O[C@@H]2O[C@H](CNCc3ccc(F)cc3F)CC(N(C)C)C2O)[C@](C)(OC)C[C@@H](C)CN[C@H](C)[C@H]2NC(=O)O[C@]12C. The minimum atomic E-state index is -1.22. The molecule has 13 atom stereocenters. The van der Waals surface area contributed by atoms with Crippen LogP contribution in [0.5, 0.6) is 0 Å². The van der Waals surface area contributed by atoms with Gasteiger partial charge in [-0.05, 0) is 79.6 Å². The lowest BCUT2D eigenvalue weighted by atomic mass is 9.78. The topological polar surface area (TPSA) is 157 Å². The number of amides is 1. The predicted molar refractivity (Wildman–Crippen MR) is 192 cm³/mol. The Hall–Kier alpha value is -2.79. The van der Waals surface area contributed by atoms with Crippen LogP contribution in [-0.4, -0.2) is 122 Å². The van der Waals surface area contributed by atoms with E-state index in [1.54, 1.807) is 13.8 Å². The van der Waals surface area contributed by atoms with Crippen LogP contribution < -0.4 is 16.0 Å². The minimum Gasteiger partial charge on any atom is -0.458 e. The number of fused-ring (bicyclic) bond motifs is 1. The van der Waals surface area contributed by atoms with Gasteiger partial charge in [-0.15, -0.1) is 0 Å². The van der Waals surface area contributed by atoms with E-state index in [-0.39, 0.29) is 25.0 Å². The molecule has 300 valence electrons. The number of aliphatic hydroxyl groups is 1. The summed E-state index contributed by atoms with van der Waals surface area (Å²) in [6.07, 6.45) is -4.12. The molecule has 1 amide bonds. The normalized spacial score (nSPS) is 39.1. The smallest absolute Gasteiger partial charge is 0.408 e. The molecule has 3 saturated heterocycles. The average molecular weight is 755 g/mol. The molecule has 3 aliphatic rings. The third-order valence-electron chi connectivity index (χ3n) is 11.4. The number of cyclic esters (lactones) is 1. The molecule has 4 rings (SSSR count). The van der Waals surface area contributed by atoms with Crippen molar-refractivity contribution in [3.8, 4) is 0 Å². The van der Waals surface area contributed by atoms with Gasteiger partial charge in [0.05, 0.1) is 23.9 Å². The number of nitrogens with zero attached hydrogens (tertiary/aromatic N) is 1. The van der Waals surface area contributed by atoms with Crippen molar-refractivity contribution in [2.45, 2.75) is 134 Å². The summed E-state index contributed by atoms with van der Waals surface area (Å²) >= 11 is 0. The highest BCUT2D eigenvalue weighted by Gasteiger charge is 2.55. The molecule has 1 aromatic rings. The Kier molecular flexibility index (Phi) is 14.4. The molecular formula is C38H60F2N4O9. The number of aliphatic hydroxyl groups excluding tert-OH is 1. The number of rotatable bonds is 9. The number of hydrogen-bond donors (Lipinski definition) is 4. The van der Waals surface area contributed by atoms with Gasteiger partial charge >= 0.3 is 12.1 Å². The average Bonchev–Trinajstić information content (AvgIpc) is 3.42. The second kappa shape index (κ2) is 17.8. The molecule has 0 spiro atoms. The van der Waals surface area contributed by atoms with Gasteiger partial charge in [0.1, 0.15) is 29.8 Å². The van der Waals surface area contributed by atoms with Crippen molar-refractivity contribution in [1.29, 1.82) is 0 Å². The van der Waals surface area contributed by atoms with Crippen LogP contribution in [0.1, 0.15) is 73.3 Å². The molecule has 3 fully saturated rings. The lowest BCUT2D eigenvalue weighted by Crippen LogP contribution is -2.60.